The van der Waals surface area contributed by atoms with E-state index in [0.29, 0.717) is 17.0 Å². The van der Waals surface area contributed by atoms with E-state index in [1.165, 1.54) is 4.90 Å². The number of carbonyl (C=O) groups excluding carboxylic acids is 1. The average molecular weight is 299 g/mol. The Morgan fingerprint density at radius 2 is 1.68 bits per heavy atom. The van der Waals surface area contributed by atoms with Crippen LogP contribution in [0.1, 0.15) is 5.56 Å². The number of carbonyl (C=O) groups is 2. The summed E-state index contributed by atoms with van der Waals surface area (Å²) in [6.45, 7) is -0.0581. The van der Waals surface area contributed by atoms with Gasteiger partial charge in [0.25, 0.3) is 5.91 Å². The molecule has 2 aromatic rings. The predicted octanol–water partition coefficient (Wildman–Crippen LogP) is 2.36. The molecule has 0 aliphatic heterocycles. The number of aliphatic carboxylic acids is 1. The van der Waals surface area contributed by atoms with E-state index in [0.717, 1.165) is 0 Å². The highest BCUT2D eigenvalue weighted by atomic mass is 16.5. The maximum Gasteiger partial charge on any atom is 0.307 e. The van der Waals surface area contributed by atoms with Crippen molar-refractivity contribution >= 4 is 17.6 Å². The van der Waals surface area contributed by atoms with Crippen LogP contribution in [0.3, 0.4) is 0 Å². The van der Waals surface area contributed by atoms with Crippen LogP contribution in [0.2, 0.25) is 0 Å². The smallest absolute Gasteiger partial charge is 0.307 e. The summed E-state index contributed by atoms with van der Waals surface area (Å²) in [7, 11) is 1.66. The Bertz CT molecular complexity index is 637. The normalized spacial score (nSPS) is 10.0. The second kappa shape index (κ2) is 7.26. The molecule has 0 unspecified atom stereocenters. The van der Waals surface area contributed by atoms with Gasteiger partial charge in [0.1, 0.15) is 5.75 Å². The number of ether oxygens (including phenoxy) is 1. The van der Waals surface area contributed by atoms with Gasteiger partial charge in [0, 0.05) is 12.7 Å². The van der Waals surface area contributed by atoms with Crippen molar-refractivity contribution in [1.29, 1.82) is 0 Å². The molecule has 1 N–H and O–H groups in total. The number of anilines is 1. The molecule has 0 fully saturated rings. The third-order valence-corrected chi connectivity index (χ3v) is 3.16. The van der Waals surface area contributed by atoms with E-state index in [9.17, 15) is 9.59 Å². The van der Waals surface area contributed by atoms with Crippen molar-refractivity contribution in [3.05, 3.63) is 60.2 Å². The minimum atomic E-state index is -0.881. The van der Waals surface area contributed by atoms with Gasteiger partial charge in [-0.2, -0.15) is 0 Å². The molecular weight excluding hydrogens is 282 g/mol. The summed E-state index contributed by atoms with van der Waals surface area (Å²) in [4.78, 5) is 24.2. The number of nitrogens with zero attached hydrogens (tertiary/aromatic N) is 1. The lowest BCUT2D eigenvalue weighted by Crippen LogP contribution is -2.31. The molecule has 114 valence electrons. The highest BCUT2D eigenvalue weighted by Gasteiger charge is 2.12. The summed E-state index contributed by atoms with van der Waals surface area (Å²) in [5, 5.41) is 8.73. The molecule has 2 aromatic carbocycles. The first-order chi connectivity index (χ1) is 10.6. The van der Waals surface area contributed by atoms with Crippen molar-refractivity contribution < 1.29 is 19.4 Å². The van der Waals surface area contributed by atoms with Crippen molar-refractivity contribution in [1.82, 2.24) is 0 Å². The van der Waals surface area contributed by atoms with Gasteiger partial charge in [0.15, 0.2) is 6.61 Å². The Morgan fingerprint density at radius 1 is 1.05 bits per heavy atom. The van der Waals surface area contributed by atoms with Crippen LogP contribution < -0.4 is 9.64 Å². The zero-order valence-electron chi connectivity index (χ0n) is 12.2. The number of carboxylic acids is 1. The van der Waals surface area contributed by atoms with Gasteiger partial charge in [-0.3, -0.25) is 9.59 Å². The highest BCUT2D eigenvalue weighted by molar-refractivity contribution is 5.93. The molecule has 0 atom stereocenters. The summed E-state index contributed by atoms with van der Waals surface area (Å²) in [6.07, 6.45) is -0.0327. The van der Waals surface area contributed by atoms with Gasteiger partial charge < -0.3 is 14.7 Å². The van der Waals surface area contributed by atoms with Gasteiger partial charge in [-0.25, -0.2) is 0 Å². The van der Waals surface area contributed by atoms with Crippen LogP contribution in [0.15, 0.2) is 54.6 Å². The molecule has 0 aliphatic carbocycles. The Balaban J connectivity index is 1.93. The molecule has 5 heteroatoms. The minimum Gasteiger partial charge on any atom is -0.484 e. The van der Waals surface area contributed by atoms with Gasteiger partial charge in [-0.1, -0.05) is 30.3 Å². The van der Waals surface area contributed by atoms with E-state index in [1.807, 2.05) is 18.2 Å². The van der Waals surface area contributed by atoms with E-state index in [2.05, 4.69) is 0 Å². The van der Waals surface area contributed by atoms with Crippen LogP contribution in [-0.2, 0) is 16.0 Å². The van der Waals surface area contributed by atoms with Crippen molar-refractivity contribution in [2.45, 2.75) is 6.42 Å². The zero-order valence-corrected chi connectivity index (χ0v) is 12.2. The summed E-state index contributed by atoms with van der Waals surface area (Å²) in [5.74, 6) is -0.427. The molecule has 0 heterocycles. The summed E-state index contributed by atoms with van der Waals surface area (Å²) in [5.41, 5.74) is 1.38. The van der Waals surface area contributed by atoms with E-state index in [4.69, 9.17) is 9.84 Å². The number of para-hydroxylation sites is 1. The SMILES string of the molecule is CN(C(=O)COc1ccccc1)c1ccc(CC(=O)O)cc1. The number of rotatable bonds is 6. The van der Waals surface area contributed by atoms with Gasteiger partial charge >= 0.3 is 5.97 Å². The van der Waals surface area contributed by atoms with Crippen molar-refractivity contribution in [3.63, 3.8) is 0 Å². The average Bonchev–Trinajstić information content (AvgIpc) is 2.53. The van der Waals surface area contributed by atoms with E-state index in [-0.39, 0.29) is 18.9 Å². The minimum absolute atomic E-state index is 0.0327. The maximum atomic E-state index is 12.1. The fourth-order valence-electron chi connectivity index (χ4n) is 1.91. The molecule has 0 spiro atoms. The molecule has 0 saturated carbocycles. The van der Waals surface area contributed by atoms with Crippen molar-refractivity contribution in [2.75, 3.05) is 18.6 Å². The third kappa shape index (κ3) is 4.34. The Kier molecular flexibility index (Phi) is 5.14. The highest BCUT2D eigenvalue weighted by Crippen LogP contribution is 2.15. The maximum absolute atomic E-state index is 12.1. The topological polar surface area (TPSA) is 66.8 Å². The number of likely N-dealkylation sites (N-methyl/N-ethyl adjacent to an activating group) is 1. The molecule has 0 aliphatic rings. The van der Waals surface area contributed by atoms with Crippen LogP contribution in [0.5, 0.6) is 5.75 Å². The monoisotopic (exact) mass is 299 g/mol. The third-order valence-electron chi connectivity index (χ3n) is 3.16. The lowest BCUT2D eigenvalue weighted by Gasteiger charge is -2.18. The summed E-state index contributed by atoms with van der Waals surface area (Å²) < 4.78 is 5.42. The van der Waals surface area contributed by atoms with E-state index in [1.54, 1.807) is 43.4 Å². The molecule has 1 amide bonds. The Hall–Kier alpha value is -2.82. The van der Waals surface area contributed by atoms with Crippen molar-refractivity contribution in [3.8, 4) is 5.75 Å². The van der Waals surface area contributed by atoms with Gasteiger partial charge in [-0.15, -0.1) is 0 Å². The lowest BCUT2D eigenvalue weighted by atomic mass is 10.1. The quantitative estimate of drug-likeness (QED) is 0.889. The lowest BCUT2D eigenvalue weighted by molar-refractivity contribution is -0.136. The van der Waals surface area contributed by atoms with Crippen LogP contribution in [0.4, 0.5) is 5.69 Å². The summed E-state index contributed by atoms with van der Waals surface area (Å²) in [6, 6.07) is 16.0. The van der Waals surface area contributed by atoms with Gasteiger partial charge in [0.2, 0.25) is 0 Å². The first-order valence-electron chi connectivity index (χ1n) is 6.81. The Morgan fingerprint density at radius 3 is 2.27 bits per heavy atom. The van der Waals surface area contributed by atoms with Crippen molar-refractivity contribution in [2.24, 2.45) is 0 Å². The standard InChI is InChI=1S/C17H17NO4/c1-18(14-9-7-13(8-10-14)11-17(20)21)16(19)12-22-15-5-3-2-4-6-15/h2-10H,11-12H2,1H3,(H,20,21). The van der Waals surface area contributed by atoms with Gasteiger partial charge in [0.05, 0.1) is 6.42 Å². The number of hydrogen-bond donors (Lipinski definition) is 1. The summed E-state index contributed by atoms with van der Waals surface area (Å²) >= 11 is 0. The molecule has 0 aromatic heterocycles. The van der Waals surface area contributed by atoms with Crippen LogP contribution >= 0.6 is 0 Å². The molecule has 22 heavy (non-hydrogen) atoms. The predicted molar refractivity (Wildman–Crippen MR) is 83.1 cm³/mol. The van der Waals surface area contributed by atoms with Crippen LogP contribution in [0, 0.1) is 0 Å². The molecule has 2 rings (SSSR count). The van der Waals surface area contributed by atoms with Crippen LogP contribution in [0.25, 0.3) is 0 Å². The first-order valence-corrected chi connectivity index (χ1v) is 6.81. The second-order valence-corrected chi connectivity index (χ2v) is 4.79. The number of carboxylic acid groups (broad SMARTS) is 1. The number of amides is 1. The fourth-order valence-corrected chi connectivity index (χ4v) is 1.91. The second-order valence-electron chi connectivity index (χ2n) is 4.79. The fraction of sp³-hybridized carbons (Fsp3) is 0.176. The zero-order chi connectivity index (χ0) is 15.9. The van der Waals surface area contributed by atoms with E-state index < -0.39 is 5.97 Å². The van der Waals surface area contributed by atoms with E-state index >= 15 is 0 Å². The van der Waals surface area contributed by atoms with Gasteiger partial charge in [-0.05, 0) is 29.8 Å². The number of benzene rings is 2. The number of hydrogen-bond acceptors (Lipinski definition) is 3. The van der Waals surface area contributed by atoms with Crippen LogP contribution in [-0.4, -0.2) is 30.6 Å². The Labute approximate surface area is 128 Å². The first kappa shape index (κ1) is 15.6. The molecule has 0 bridgehead atoms. The molecule has 5 nitrogen and oxygen atoms in total. The largest absolute Gasteiger partial charge is 0.484 e. The molecule has 0 radical (unpaired) electrons. The molecular formula is C17H17NO4. The molecule has 0 saturated heterocycles.